The number of aromatic nitrogens is 2. The van der Waals surface area contributed by atoms with Crippen molar-refractivity contribution in [3.8, 4) is 0 Å². The Morgan fingerprint density at radius 3 is 2.72 bits per heavy atom. The van der Waals surface area contributed by atoms with Gasteiger partial charge in [-0.05, 0) is 18.4 Å². The van der Waals surface area contributed by atoms with Crippen LogP contribution >= 0.6 is 23.1 Å². The molecule has 3 rings (SSSR count). The third-order valence-electron chi connectivity index (χ3n) is 3.39. The number of amides is 1. The van der Waals surface area contributed by atoms with Gasteiger partial charge in [-0.2, -0.15) is 13.2 Å². The van der Waals surface area contributed by atoms with Crippen molar-refractivity contribution in [2.24, 2.45) is 0 Å². The van der Waals surface area contributed by atoms with Gasteiger partial charge in [-0.25, -0.2) is 4.98 Å². The molecule has 0 fully saturated rings. The highest BCUT2D eigenvalue weighted by Gasteiger charge is 2.34. The zero-order chi connectivity index (χ0) is 18.2. The van der Waals surface area contributed by atoms with E-state index in [1.54, 1.807) is 11.6 Å². The van der Waals surface area contributed by atoms with Crippen LogP contribution in [0.4, 0.5) is 18.3 Å². The fraction of sp³-hybridized carbons (Fsp3) is 0.133. The number of pyridine rings is 1. The first kappa shape index (κ1) is 17.5. The number of aromatic amines is 1. The Bertz CT molecular complexity index is 998. The number of benzene rings is 1. The predicted molar refractivity (Wildman–Crippen MR) is 91.4 cm³/mol. The first-order valence-electron chi connectivity index (χ1n) is 6.84. The van der Waals surface area contributed by atoms with Gasteiger partial charge in [-0.15, -0.1) is 23.1 Å². The van der Waals surface area contributed by atoms with Crippen molar-refractivity contribution < 1.29 is 18.0 Å². The van der Waals surface area contributed by atoms with E-state index in [1.807, 2.05) is 0 Å². The summed E-state index contributed by atoms with van der Waals surface area (Å²) in [6.07, 6.45) is -1.58. The summed E-state index contributed by atoms with van der Waals surface area (Å²) >= 11 is 2.15. The number of carbonyl (C=O) groups excluding carboxylic acids is 1. The monoisotopic (exact) mass is 385 g/mol. The second kappa shape index (κ2) is 6.52. The number of thioether (sulfide) groups is 1. The van der Waals surface area contributed by atoms with Gasteiger partial charge < -0.3 is 4.98 Å². The molecular weight excluding hydrogens is 375 g/mol. The number of anilines is 1. The van der Waals surface area contributed by atoms with Gasteiger partial charge in [0, 0.05) is 17.0 Å². The number of alkyl halides is 3. The molecule has 0 aliphatic rings. The van der Waals surface area contributed by atoms with E-state index in [-0.39, 0.29) is 21.5 Å². The van der Waals surface area contributed by atoms with Crippen LogP contribution in [0.15, 0.2) is 39.6 Å². The average molecular weight is 385 g/mol. The highest BCUT2D eigenvalue weighted by Crippen LogP contribution is 2.34. The molecular formula is C15H10F3N3O2S2. The average Bonchev–Trinajstić information content (AvgIpc) is 3.05. The third-order valence-corrected chi connectivity index (χ3v) is 4.79. The first-order chi connectivity index (χ1) is 11.8. The van der Waals surface area contributed by atoms with Gasteiger partial charge >= 0.3 is 6.18 Å². The summed E-state index contributed by atoms with van der Waals surface area (Å²) in [5.41, 5.74) is -2.30. The van der Waals surface area contributed by atoms with Crippen LogP contribution in [0.5, 0.6) is 0 Å². The fourth-order valence-corrected chi connectivity index (χ4v) is 3.45. The summed E-state index contributed by atoms with van der Waals surface area (Å²) in [7, 11) is 0. The number of H-pyrrole nitrogens is 1. The van der Waals surface area contributed by atoms with Crippen LogP contribution in [0, 0.1) is 0 Å². The lowest BCUT2D eigenvalue weighted by molar-refractivity contribution is -0.136. The van der Waals surface area contributed by atoms with Crippen molar-refractivity contribution >= 4 is 45.0 Å². The Kier molecular flexibility index (Phi) is 4.56. The van der Waals surface area contributed by atoms with Gasteiger partial charge in [-0.3, -0.25) is 14.9 Å². The normalized spacial score (nSPS) is 11.7. The fourth-order valence-electron chi connectivity index (χ4n) is 2.33. The number of hydrogen-bond acceptors (Lipinski definition) is 5. The molecule has 0 unspecified atom stereocenters. The maximum Gasteiger partial charge on any atom is 0.418 e. The molecule has 0 saturated heterocycles. The molecule has 0 atom stereocenters. The van der Waals surface area contributed by atoms with E-state index >= 15 is 0 Å². The number of fused-ring (bicyclic) bond motifs is 1. The summed E-state index contributed by atoms with van der Waals surface area (Å²) in [4.78, 5) is 31.6. The zero-order valence-electron chi connectivity index (χ0n) is 12.6. The van der Waals surface area contributed by atoms with Crippen molar-refractivity contribution in [3.05, 3.63) is 51.1 Å². The summed E-state index contributed by atoms with van der Waals surface area (Å²) in [5, 5.41) is 4.27. The molecule has 130 valence electrons. The van der Waals surface area contributed by atoms with Crippen LogP contribution in [0.3, 0.4) is 0 Å². The van der Waals surface area contributed by atoms with E-state index in [2.05, 4.69) is 15.3 Å². The number of rotatable bonds is 3. The lowest BCUT2D eigenvalue weighted by Crippen LogP contribution is -2.24. The standard InChI is InChI=1S/C15H10F3N3O2S2/c1-24-13-9(12(23)21-14-19-5-6-25-14)11(22)7-3-2-4-8(10(7)20-13)15(16,17)18/h2-6H,1H3,(H,20,22)(H,19,21,23). The van der Waals surface area contributed by atoms with Crippen molar-refractivity contribution in [1.29, 1.82) is 0 Å². The van der Waals surface area contributed by atoms with E-state index in [1.165, 1.54) is 12.3 Å². The molecule has 10 heteroatoms. The summed E-state index contributed by atoms with van der Waals surface area (Å²) < 4.78 is 39.5. The molecule has 1 amide bonds. The van der Waals surface area contributed by atoms with E-state index in [4.69, 9.17) is 0 Å². The molecule has 0 aliphatic heterocycles. The molecule has 0 saturated carbocycles. The predicted octanol–water partition coefficient (Wildman–Crippen LogP) is 3.98. The van der Waals surface area contributed by atoms with Crippen LogP contribution in [0.2, 0.25) is 0 Å². The van der Waals surface area contributed by atoms with Crippen LogP contribution in [-0.4, -0.2) is 22.1 Å². The Balaban J connectivity index is 2.22. The number of thiazole rings is 1. The Morgan fingerprint density at radius 1 is 1.36 bits per heavy atom. The van der Waals surface area contributed by atoms with Gasteiger partial charge in [0.15, 0.2) is 5.13 Å². The molecule has 2 heterocycles. The Morgan fingerprint density at radius 2 is 2.12 bits per heavy atom. The maximum absolute atomic E-state index is 13.2. The topological polar surface area (TPSA) is 74.8 Å². The lowest BCUT2D eigenvalue weighted by Gasteiger charge is -2.13. The summed E-state index contributed by atoms with van der Waals surface area (Å²) in [6.45, 7) is 0. The minimum absolute atomic E-state index is 0.0586. The zero-order valence-corrected chi connectivity index (χ0v) is 14.2. The van der Waals surface area contributed by atoms with E-state index < -0.39 is 23.1 Å². The van der Waals surface area contributed by atoms with Crippen molar-refractivity contribution in [2.45, 2.75) is 11.2 Å². The Labute approximate surface area is 147 Å². The minimum Gasteiger partial charge on any atom is -0.348 e. The molecule has 1 aromatic carbocycles. The highest BCUT2D eigenvalue weighted by atomic mass is 32.2. The molecule has 0 bridgehead atoms. The van der Waals surface area contributed by atoms with Crippen molar-refractivity contribution in [3.63, 3.8) is 0 Å². The van der Waals surface area contributed by atoms with Crippen LogP contribution in [0.25, 0.3) is 10.9 Å². The minimum atomic E-state index is -4.62. The molecule has 0 spiro atoms. The lowest BCUT2D eigenvalue weighted by atomic mass is 10.1. The van der Waals surface area contributed by atoms with E-state index in [9.17, 15) is 22.8 Å². The SMILES string of the molecule is CSc1[nH]c2c(C(F)(F)F)cccc2c(=O)c1C(=O)Nc1nccs1. The number of halogens is 3. The number of carbonyl (C=O) groups is 1. The molecule has 2 aromatic heterocycles. The first-order valence-corrected chi connectivity index (χ1v) is 8.94. The van der Waals surface area contributed by atoms with Gasteiger partial charge in [-0.1, -0.05) is 6.07 Å². The largest absolute Gasteiger partial charge is 0.418 e. The van der Waals surface area contributed by atoms with Gasteiger partial charge in [0.2, 0.25) is 5.43 Å². The van der Waals surface area contributed by atoms with Crippen molar-refractivity contribution in [1.82, 2.24) is 9.97 Å². The third kappa shape index (κ3) is 3.27. The smallest absolute Gasteiger partial charge is 0.348 e. The second-order valence-corrected chi connectivity index (χ2v) is 6.59. The van der Waals surface area contributed by atoms with E-state index in [0.717, 1.165) is 35.2 Å². The van der Waals surface area contributed by atoms with Crippen LogP contribution < -0.4 is 10.7 Å². The number of nitrogens with one attached hydrogen (secondary N) is 2. The number of hydrogen-bond donors (Lipinski definition) is 2. The molecule has 0 radical (unpaired) electrons. The molecule has 2 N–H and O–H groups in total. The number of nitrogens with zero attached hydrogens (tertiary/aromatic N) is 1. The summed E-state index contributed by atoms with van der Waals surface area (Å²) in [5.74, 6) is -0.722. The molecule has 0 aliphatic carbocycles. The van der Waals surface area contributed by atoms with Gasteiger partial charge in [0.05, 0.1) is 16.1 Å². The van der Waals surface area contributed by atoms with Gasteiger partial charge in [0.25, 0.3) is 5.91 Å². The Hall–Kier alpha value is -2.33. The summed E-state index contributed by atoms with van der Waals surface area (Å²) in [6, 6.07) is 3.28. The molecule has 3 aromatic rings. The number of para-hydroxylation sites is 1. The molecule has 25 heavy (non-hydrogen) atoms. The van der Waals surface area contributed by atoms with Crippen LogP contribution in [0.1, 0.15) is 15.9 Å². The quantitative estimate of drug-likeness (QED) is 0.669. The second-order valence-electron chi connectivity index (χ2n) is 4.88. The van der Waals surface area contributed by atoms with E-state index in [0.29, 0.717) is 5.13 Å². The maximum atomic E-state index is 13.2. The molecule has 5 nitrogen and oxygen atoms in total. The van der Waals surface area contributed by atoms with Crippen molar-refractivity contribution in [2.75, 3.05) is 11.6 Å². The van der Waals surface area contributed by atoms with Crippen LogP contribution in [-0.2, 0) is 6.18 Å². The van der Waals surface area contributed by atoms with Gasteiger partial charge in [0.1, 0.15) is 5.56 Å². The highest BCUT2D eigenvalue weighted by molar-refractivity contribution is 7.98.